The fourth-order valence-electron chi connectivity index (χ4n) is 6.57. The number of alkyl halides is 8. The fourth-order valence-corrected chi connectivity index (χ4v) is 6.57. The quantitative estimate of drug-likeness (QED) is 0.260. The number of aryl methyl sites for hydroxylation is 1. The monoisotopic (exact) mass is 703 g/mol. The van der Waals surface area contributed by atoms with Crippen LogP contribution in [-0.2, 0) is 35.4 Å². The molecule has 7 nitrogen and oxygen atoms in total. The summed E-state index contributed by atoms with van der Waals surface area (Å²) >= 11 is 0. The third kappa shape index (κ3) is 8.60. The van der Waals surface area contributed by atoms with Crippen LogP contribution in [0, 0.1) is 5.41 Å². The van der Waals surface area contributed by atoms with Crippen LogP contribution in [0.1, 0.15) is 68.7 Å². The number of fused-ring (bicyclic) bond motifs is 1. The van der Waals surface area contributed by atoms with Gasteiger partial charge in [0.2, 0.25) is 5.91 Å². The predicted molar refractivity (Wildman–Crippen MR) is 166 cm³/mol. The molecule has 0 spiro atoms. The Morgan fingerprint density at radius 2 is 1.49 bits per heavy atom. The molecule has 0 atom stereocenters. The van der Waals surface area contributed by atoms with Crippen LogP contribution in [0.25, 0.3) is 21.9 Å². The lowest BCUT2D eigenvalue weighted by molar-refractivity contribution is -0.147. The van der Waals surface area contributed by atoms with E-state index >= 15 is 0 Å². The number of likely N-dealkylation sites (tertiary alicyclic amines) is 1. The van der Waals surface area contributed by atoms with Crippen LogP contribution >= 0.6 is 0 Å². The molecule has 2 aliphatic rings. The van der Waals surface area contributed by atoms with Crippen molar-refractivity contribution in [1.82, 2.24) is 9.47 Å². The van der Waals surface area contributed by atoms with Crippen molar-refractivity contribution in [3.8, 4) is 11.1 Å². The van der Waals surface area contributed by atoms with Gasteiger partial charge in [0.25, 0.3) is 11.5 Å². The van der Waals surface area contributed by atoms with Gasteiger partial charge in [-0.25, -0.2) is 8.78 Å². The standard InChI is InChI=1S/C21H15F6NO3.C13H22F2N2O/c1-28-16(21(25,26)27)10-15(20(22,23)24)18(19(28)31)14-7-3-5-12-11(8-9-17(29)30)4-2-6-13(12)14;1-12(11(16)18)4-2-10(3-5-12)17-8-6-13(14,15)7-9-17/h2-7,10H,8-9H2,1H3,(H,29,30);10H,2-9H2,1H3,(H2,16,18). The second-order valence-corrected chi connectivity index (χ2v) is 12.9. The maximum Gasteiger partial charge on any atom is 0.431 e. The van der Waals surface area contributed by atoms with Crippen LogP contribution in [0.15, 0.2) is 47.3 Å². The lowest BCUT2D eigenvalue weighted by Crippen LogP contribution is -2.48. The summed E-state index contributed by atoms with van der Waals surface area (Å²) in [5.41, 5.74) is -0.380. The summed E-state index contributed by atoms with van der Waals surface area (Å²) in [7, 11) is 0.762. The van der Waals surface area contributed by atoms with E-state index in [2.05, 4.69) is 4.90 Å². The number of amides is 1. The normalized spacial score (nSPS) is 21.6. The number of rotatable bonds is 6. The average Bonchev–Trinajstić information content (AvgIpc) is 3.00. The average molecular weight is 704 g/mol. The Hall–Kier alpha value is -4.01. The summed E-state index contributed by atoms with van der Waals surface area (Å²) in [6.07, 6.45) is -7.23. The Morgan fingerprint density at radius 3 is 2.02 bits per heavy atom. The molecule has 3 aromatic rings. The zero-order valence-corrected chi connectivity index (χ0v) is 26.9. The number of aliphatic carboxylic acids is 1. The maximum atomic E-state index is 13.7. The minimum absolute atomic E-state index is 0.0312. The predicted octanol–water partition coefficient (Wildman–Crippen LogP) is 7.41. The molecule has 1 saturated heterocycles. The van der Waals surface area contributed by atoms with E-state index in [4.69, 9.17) is 10.8 Å². The number of nitrogens with zero attached hydrogens (tertiary/aromatic N) is 2. The van der Waals surface area contributed by atoms with E-state index in [0.717, 1.165) is 32.7 Å². The Bertz CT molecular complexity index is 1750. The molecule has 1 aliphatic carbocycles. The van der Waals surface area contributed by atoms with Crippen molar-refractivity contribution in [3.63, 3.8) is 0 Å². The molecule has 1 aromatic heterocycles. The van der Waals surface area contributed by atoms with Crippen LogP contribution in [0.3, 0.4) is 0 Å². The van der Waals surface area contributed by atoms with Gasteiger partial charge in [-0.15, -0.1) is 0 Å². The highest BCUT2D eigenvalue weighted by Crippen LogP contribution is 2.42. The molecule has 0 radical (unpaired) electrons. The molecule has 268 valence electrons. The Kier molecular flexibility index (Phi) is 10.9. The van der Waals surface area contributed by atoms with Crippen molar-refractivity contribution in [2.24, 2.45) is 18.2 Å². The van der Waals surface area contributed by atoms with E-state index in [9.17, 15) is 49.5 Å². The molecule has 1 aliphatic heterocycles. The van der Waals surface area contributed by atoms with Crippen molar-refractivity contribution in [2.75, 3.05) is 13.1 Å². The molecular weight excluding hydrogens is 666 g/mol. The van der Waals surface area contributed by atoms with E-state index < -0.39 is 52.0 Å². The first-order valence-electron chi connectivity index (χ1n) is 15.7. The summed E-state index contributed by atoms with van der Waals surface area (Å²) in [5, 5.41) is 9.52. The molecular formula is C34H37F8N3O4. The van der Waals surface area contributed by atoms with E-state index in [0.29, 0.717) is 30.1 Å². The number of carboxylic acids is 1. The molecule has 49 heavy (non-hydrogen) atoms. The lowest BCUT2D eigenvalue weighted by Gasteiger charge is -2.42. The summed E-state index contributed by atoms with van der Waals surface area (Å²) in [6, 6.07) is 8.97. The third-order valence-electron chi connectivity index (χ3n) is 9.62. The van der Waals surface area contributed by atoms with Gasteiger partial charge >= 0.3 is 18.3 Å². The van der Waals surface area contributed by atoms with Crippen LogP contribution in [0.5, 0.6) is 0 Å². The van der Waals surface area contributed by atoms with Crippen molar-refractivity contribution < 1.29 is 49.8 Å². The summed E-state index contributed by atoms with van der Waals surface area (Å²) in [4.78, 5) is 37.1. The number of halogens is 8. The highest BCUT2D eigenvalue weighted by atomic mass is 19.4. The first-order chi connectivity index (χ1) is 22.6. The number of piperidine rings is 1. The van der Waals surface area contributed by atoms with Gasteiger partial charge in [-0.3, -0.25) is 19.3 Å². The van der Waals surface area contributed by atoms with Gasteiger partial charge in [0.1, 0.15) is 5.69 Å². The fraction of sp³-hybridized carbons (Fsp3) is 0.500. The second-order valence-electron chi connectivity index (χ2n) is 12.9. The Labute approximate surface area is 276 Å². The number of hydrogen-bond donors (Lipinski definition) is 2. The Balaban J connectivity index is 0.000000254. The van der Waals surface area contributed by atoms with Crippen LogP contribution in [-0.4, -0.2) is 51.5 Å². The highest BCUT2D eigenvalue weighted by Gasteiger charge is 2.43. The van der Waals surface area contributed by atoms with Crippen molar-refractivity contribution >= 4 is 22.6 Å². The molecule has 3 N–H and O–H groups in total. The molecule has 5 rings (SSSR count). The van der Waals surface area contributed by atoms with Crippen molar-refractivity contribution in [1.29, 1.82) is 0 Å². The number of carboxylic acid groups (broad SMARTS) is 1. The molecule has 2 fully saturated rings. The maximum absolute atomic E-state index is 13.7. The van der Waals surface area contributed by atoms with E-state index in [1.807, 2.05) is 6.92 Å². The SMILES string of the molecule is CC1(C(N)=O)CCC(N2CCC(F)(F)CC2)CC1.Cn1c(C(F)(F)F)cc(C(F)(F)F)c(-c2cccc3c(CCC(=O)O)cccc23)c1=O. The van der Waals surface area contributed by atoms with Crippen LogP contribution < -0.4 is 11.3 Å². The summed E-state index contributed by atoms with van der Waals surface area (Å²) in [5.74, 6) is -3.78. The van der Waals surface area contributed by atoms with Gasteiger partial charge in [-0.2, -0.15) is 26.3 Å². The number of hydrogen-bond acceptors (Lipinski definition) is 4. The van der Waals surface area contributed by atoms with E-state index in [-0.39, 0.29) is 53.2 Å². The molecule has 1 amide bonds. The van der Waals surface area contributed by atoms with Crippen molar-refractivity contribution in [3.05, 3.63) is 69.6 Å². The van der Waals surface area contributed by atoms with Gasteiger partial charge in [-0.05, 0) is 60.1 Å². The first kappa shape index (κ1) is 37.8. The van der Waals surface area contributed by atoms with E-state index in [1.54, 1.807) is 12.1 Å². The van der Waals surface area contributed by atoms with Gasteiger partial charge in [0.15, 0.2) is 0 Å². The largest absolute Gasteiger partial charge is 0.481 e. The molecule has 0 unspecified atom stereocenters. The molecule has 1 saturated carbocycles. The molecule has 2 heterocycles. The number of primary amides is 1. The Morgan fingerprint density at radius 1 is 0.918 bits per heavy atom. The minimum Gasteiger partial charge on any atom is -0.481 e. The number of nitrogens with two attached hydrogens (primary N) is 1. The number of carbonyl (C=O) groups excluding carboxylic acids is 1. The molecule has 15 heteroatoms. The summed E-state index contributed by atoms with van der Waals surface area (Å²) < 4.78 is 107. The zero-order valence-electron chi connectivity index (χ0n) is 26.9. The topological polar surface area (TPSA) is 106 Å². The first-order valence-corrected chi connectivity index (χ1v) is 15.7. The van der Waals surface area contributed by atoms with Crippen molar-refractivity contribution in [2.45, 2.75) is 82.6 Å². The van der Waals surface area contributed by atoms with Crippen LogP contribution in [0.2, 0.25) is 0 Å². The van der Waals surface area contributed by atoms with Gasteiger partial charge in [-0.1, -0.05) is 43.3 Å². The number of aromatic nitrogens is 1. The number of benzene rings is 2. The number of pyridine rings is 1. The highest BCUT2D eigenvalue weighted by molar-refractivity contribution is 5.99. The van der Waals surface area contributed by atoms with E-state index in [1.165, 1.54) is 24.3 Å². The number of carbonyl (C=O) groups is 2. The lowest BCUT2D eigenvalue weighted by atomic mass is 9.73. The van der Waals surface area contributed by atoms with Gasteiger partial charge < -0.3 is 15.4 Å². The minimum atomic E-state index is -5.22. The van der Waals surface area contributed by atoms with Gasteiger partial charge in [0.05, 0.1) is 11.1 Å². The smallest absolute Gasteiger partial charge is 0.431 e. The zero-order chi connectivity index (χ0) is 36.5. The summed E-state index contributed by atoms with van der Waals surface area (Å²) in [6.45, 7) is 2.87. The third-order valence-corrected chi connectivity index (χ3v) is 9.62. The van der Waals surface area contributed by atoms with Gasteiger partial charge in [0, 0.05) is 50.9 Å². The molecule has 2 aromatic carbocycles. The molecule has 0 bridgehead atoms. The second kappa shape index (κ2) is 14.1. The van der Waals surface area contributed by atoms with Crippen LogP contribution in [0.4, 0.5) is 35.1 Å².